The predicted octanol–water partition coefficient (Wildman–Crippen LogP) is 1.37. The highest BCUT2D eigenvalue weighted by Crippen LogP contribution is 2.19. The standard InChI is InChI=1S/C15H15N5O2/c1-9-8-13(22)19-20-14(9)10-2-4-11(5-3-10)17-15-16-7-6-12(21)18-15/h2-7,9H,8H2,1H3,(H,19,22)(H2,16,17,18,21). The molecule has 1 aromatic carbocycles. The van der Waals surface area contributed by atoms with Crippen molar-refractivity contribution in [1.29, 1.82) is 0 Å². The fraction of sp³-hybridized carbons (Fsp3) is 0.200. The lowest BCUT2D eigenvalue weighted by atomic mass is 9.94. The van der Waals surface area contributed by atoms with Gasteiger partial charge in [-0.25, -0.2) is 10.4 Å². The van der Waals surface area contributed by atoms with Crippen molar-refractivity contribution in [3.8, 4) is 0 Å². The quantitative estimate of drug-likeness (QED) is 0.796. The number of hydrazone groups is 1. The summed E-state index contributed by atoms with van der Waals surface area (Å²) < 4.78 is 0. The van der Waals surface area contributed by atoms with Gasteiger partial charge in [0.15, 0.2) is 0 Å². The molecule has 22 heavy (non-hydrogen) atoms. The molecule has 1 aliphatic rings. The molecule has 2 heterocycles. The normalized spacial score (nSPS) is 17.6. The average Bonchev–Trinajstić information content (AvgIpc) is 2.48. The van der Waals surface area contributed by atoms with E-state index in [1.165, 1.54) is 12.3 Å². The maximum absolute atomic E-state index is 11.3. The Morgan fingerprint density at radius 3 is 2.64 bits per heavy atom. The SMILES string of the molecule is CC1CC(=O)NN=C1c1ccc(Nc2nccc(=O)[nH]2)cc1. The second-order valence-corrected chi connectivity index (χ2v) is 5.12. The van der Waals surface area contributed by atoms with Gasteiger partial charge in [-0.1, -0.05) is 19.1 Å². The smallest absolute Gasteiger partial charge is 0.252 e. The maximum atomic E-state index is 11.3. The summed E-state index contributed by atoms with van der Waals surface area (Å²) in [7, 11) is 0. The highest BCUT2D eigenvalue weighted by atomic mass is 16.2. The number of nitrogens with one attached hydrogen (secondary N) is 3. The van der Waals surface area contributed by atoms with Gasteiger partial charge in [0.25, 0.3) is 5.56 Å². The summed E-state index contributed by atoms with van der Waals surface area (Å²) in [5, 5.41) is 7.14. The Kier molecular flexibility index (Phi) is 3.69. The highest BCUT2D eigenvalue weighted by molar-refractivity contribution is 6.05. The minimum Gasteiger partial charge on any atom is -0.326 e. The number of hydrogen-bond acceptors (Lipinski definition) is 5. The fourth-order valence-corrected chi connectivity index (χ4v) is 2.30. The summed E-state index contributed by atoms with van der Waals surface area (Å²) >= 11 is 0. The summed E-state index contributed by atoms with van der Waals surface area (Å²) in [6.07, 6.45) is 1.88. The van der Waals surface area contributed by atoms with Gasteiger partial charge in [-0.3, -0.25) is 14.6 Å². The van der Waals surface area contributed by atoms with Gasteiger partial charge in [-0.05, 0) is 17.7 Å². The predicted molar refractivity (Wildman–Crippen MR) is 83.0 cm³/mol. The van der Waals surface area contributed by atoms with E-state index in [1.54, 1.807) is 0 Å². The van der Waals surface area contributed by atoms with E-state index in [-0.39, 0.29) is 17.4 Å². The summed E-state index contributed by atoms with van der Waals surface area (Å²) in [6, 6.07) is 8.92. The first-order valence-corrected chi connectivity index (χ1v) is 6.91. The van der Waals surface area contributed by atoms with E-state index in [0.29, 0.717) is 12.4 Å². The van der Waals surface area contributed by atoms with Gasteiger partial charge in [0.2, 0.25) is 11.9 Å². The van der Waals surface area contributed by atoms with Crippen molar-refractivity contribution in [2.45, 2.75) is 13.3 Å². The summed E-state index contributed by atoms with van der Waals surface area (Å²) in [5.41, 5.74) is 4.90. The third-order valence-electron chi connectivity index (χ3n) is 3.37. The van der Waals surface area contributed by atoms with Crippen LogP contribution in [-0.2, 0) is 4.79 Å². The van der Waals surface area contributed by atoms with E-state index in [1.807, 2.05) is 31.2 Å². The van der Waals surface area contributed by atoms with E-state index in [0.717, 1.165) is 17.0 Å². The van der Waals surface area contributed by atoms with Gasteiger partial charge in [0, 0.05) is 30.3 Å². The third kappa shape index (κ3) is 3.03. The van der Waals surface area contributed by atoms with Crippen LogP contribution in [0.5, 0.6) is 0 Å². The molecule has 1 aliphatic heterocycles. The van der Waals surface area contributed by atoms with Crippen molar-refractivity contribution >= 4 is 23.3 Å². The molecule has 3 rings (SSSR count). The Morgan fingerprint density at radius 2 is 1.95 bits per heavy atom. The van der Waals surface area contributed by atoms with Crippen LogP contribution in [0.1, 0.15) is 18.9 Å². The molecule has 0 aliphatic carbocycles. The molecule has 0 fully saturated rings. The van der Waals surface area contributed by atoms with Crippen LogP contribution in [0.4, 0.5) is 11.6 Å². The van der Waals surface area contributed by atoms with E-state index >= 15 is 0 Å². The number of amides is 1. The molecule has 0 saturated heterocycles. The van der Waals surface area contributed by atoms with E-state index in [2.05, 4.69) is 25.8 Å². The molecule has 7 heteroatoms. The molecular weight excluding hydrogens is 282 g/mol. The van der Waals surface area contributed by atoms with Crippen molar-refractivity contribution in [2.24, 2.45) is 11.0 Å². The first kappa shape index (κ1) is 14.0. The molecule has 1 amide bonds. The Hall–Kier alpha value is -2.96. The first-order chi connectivity index (χ1) is 10.6. The van der Waals surface area contributed by atoms with Crippen molar-refractivity contribution in [2.75, 3.05) is 5.32 Å². The lowest BCUT2D eigenvalue weighted by Crippen LogP contribution is -2.31. The summed E-state index contributed by atoms with van der Waals surface area (Å²) in [5.74, 6) is 0.407. The Morgan fingerprint density at radius 1 is 1.18 bits per heavy atom. The molecule has 0 spiro atoms. The zero-order valence-corrected chi connectivity index (χ0v) is 12.0. The largest absolute Gasteiger partial charge is 0.326 e. The zero-order valence-electron chi connectivity index (χ0n) is 12.0. The average molecular weight is 297 g/mol. The number of carbonyl (C=O) groups excluding carboxylic acids is 1. The van der Waals surface area contributed by atoms with Crippen LogP contribution in [0.3, 0.4) is 0 Å². The van der Waals surface area contributed by atoms with Gasteiger partial charge < -0.3 is 5.32 Å². The van der Waals surface area contributed by atoms with E-state index in [9.17, 15) is 9.59 Å². The van der Waals surface area contributed by atoms with Crippen LogP contribution in [0.25, 0.3) is 0 Å². The number of anilines is 2. The van der Waals surface area contributed by atoms with Crippen LogP contribution in [-0.4, -0.2) is 21.6 Å². The van der Waals surface area contributed by atoms with Crippen LogP contribution in [0, 0.1) is 5.92 Å². The van der Waals surface area contributed by atoms with Gasteiger partial charge in [-0.15, -0.1) is 0 Å². The number of hydrogen-bond donors (Lipinski definition) is 3. The van der Waals surface area contributed by atoms with Crippen molar-refractivity contribution < 1.29 is 4.79 Å². The van der Waals surface area contributed by atoms with Crippen LogP contribution < -0.4 is 16.3 Å². The van der Waals surface area contributed by atoms with Gasteiger partial charge in [0.05, 0.1) is 5.71 Å². The number of aromatic amines is 1. The number of carbonyl (C=O) groups is 1. The number of nitrogens with zero attached hydrogens (tertiary/aromatic N) is 2. The molecule has 0 radical (unpaired) electrons. The van der Waals surface area contributed by atoms with Crippen LogP contribution in [0.2, 0.25) is 0 Å². The van der Waals surface area contributed by atoms with Gasteiger partial charge in [-0.2, -0.15) is 5.10 Å². The zero-order chi connectivity index (χ0) is 15.5. The minimum absolute atomic E-state index is 0.0614. The second-order valence-electron chi connectivity index (χ2n) is 5.12. The summed E-state index contributed by atoms with van der Waals surface area (Å²) in [6.45, 7) is 1.97. The van der Waals surface area contributed by atoms with Crippen molar-refractivity contribution in [3.63, 3.8) is 0 Å². The fourth-order valence-electron chi connectivity index (χ4n) is 2.30. The molecule has 1 unspecified atom stereocenters. The lowest BCUT2D eigenvalue weighted by Gasteiger charge is -2.19. The topological polar surface area (TPSA) is 99.2 Å². The lowest BCUT2D eigenvalue weighted by molar-refractivity contribution is -0.121. The Labute approximate surface area is 126 Å². The van der Waals surface area contributed by atoms with E-state index < -0.39 is 0 Å². The monoisotopic (exact) mass is 297 g/mol. The van der Waals surface area contributed by atoms with Gasteiger partial charge >= 0.3 is 0 Å². The minimum atomic E-state index is -0.213. The molecule has 0 bridgehead atoms. The first-order valence-electron chi connectivity index (χ1n) is 6.91. The number of rotatable bonds is 3. The molecule has 7 nitrogen and oxygen atoms in total. The molecule has 1 aromatic heterocycles. The van der Waals surface area contributed by atoms with Gasteiger partial charge in [0.1, 0.15) is 0 Å². The van der Waals surface area contributed by atoms with Crippen molar-refractivity contribution in [3.05, 3.63) is 52.4 Å². The maximum Gasteiger partial charge on any atom is 0.252 e. The Bertz CT molecular complexity index is 779. The third-order valence-corrected chi connectivity index (χ3v) is 3.37. The van der Waals surface area contributed by atoms with Crippen molar-refractivity contribution in [1.82, 2.24) is 15.4 Å². The van der Waals surface area contributed by atoms with E-state index in [4.69, 9.17) is 0 Å². The number of H-pyrrole nitrogens is 1. The molecule has 2 aromatic rings. The highest BCUT2D eigenvalue weighted by Gasteiger charge is 2.21. The molecule has 0 saturated carbocycles. The molecule has 112 valence electrons. The number of benzene rings is 1. The van der Waals surface area contributed by atoms with Crippen LogP contribution in [0.15, 0.2) is 46.4 Å². The molecular formula is C15H15N5O2. The molecule has 3 N–H and O–H groups in total. The second kappa shape index (κ2) is 5.80. The number of aromatic nitrogens is 2. The summed E-state index contributed by atoms with van der Waals surface area (Å²) in [4.78, 5) is 29.1. The Balaban J connectivity index is 1.78. The van der Waals surface area contributed by atoms with Crippen LogP contribution >= 0.6 is 0 Å². The molecule has 1 atom stereocenters.